The van der Waals surface area contributed by atoms with Crippen LogP contribution in [-0.4, -0.2) is 15.0 Å². The minimum atomic E-state index is -4.46. The first-order valence-electron chi connectivity index (χ1n) is 7.70. The second-order valence-electron chi connectivity index (χ2n) is 5.73. The first-order valence-corrected chi connectivity index (χ1v) is 8.08. The van der Waals surface area contributed by atoms with Gasteiger partial charge in [-0.1, -0.05) is 41.9 Å². The van der Waals surface area contributed by atoms with Gasteiger partial charge in [0, 0.05) is 17.3 Å². The SMILES string of the molecule is FC(F)(F)c1cc(Cl)c2nc(-c3ccc(-c4ccccn4)cc3)[nH]c2c1. The van der Waals surface area contributed by atoms with Gasteiger partial charge in [-0.15, -0.1) is 0 Å². The number of aromatic nitrogens is 3. The number of nitrogens with zero attached hydrogens (tertiary/aromatic N) is 2. The van der Waals surface area contributed by atoms with E-state index in [2.05, 4.69) is 15.0 Å². The lowest BCUT2D eigenvalue weighted by Gasteiger charge is -2.06. The molecule has 7 heteroatoms. The molecule has 130 valence electrons. The number of H-pyrrole nitrogens is 1. The molecule has 1 N–H and O–H groups in total. The molecule has 2 aromatic carbocycles. The minimum Gasteiger partial charge on any atom is -0.338 e. The largest absolute Gasteiger partial charge is 0.416 e. The van der Waals surface area contributed by atoms with Crippen LogP contribution in [0.4, 0.5) is 13.2 Å². The lowest BCUT2D eigenvalue weighted by Crippen LogP contribution is -2.04. The first kappa shape index (κ1) is 16.6. The Bertz CT molecular complexity index is 1070. The Morgan fingerprint density at radius 1 is 0.923 bits per heavy atom. The molecule has 0 spiro atoms. The fourth-order valence-corrected chi connectivity index (χ4v) is 2.97. The smallest absolute Gasteiger partial charge is 0.338 e. The van der Waals surface area contributed by atoms with Crippen molar-refractivity contribution >= 4 is 22.6 Å². The summed E-state index contributed by atoms with van der Waals surface area (Å²) < 4.78 is 38.8. The number of halogens is 4. The number of fused-ring (bicyclic) bond motifs is 1. The predicted octanol–water partition coefficient (Wildman–Crippen LogP) is 5.96. The number of nitrogens with one attached hydrogen (secondary N) is 1. The van der Waals surface area contributed by atoms with Crippen LogP contribution in [0.5, 0.6) is 0 Å². The van der Waals surface area contributed by atoms with E-state index in [0.29, 0.717) is 11.3 Å². The maximum absolute atomic E-state index is 12.9. The molecular weight excluding hydrogens is 363 g/mol. The van der Waals surface area contributed by atoms with E-state index in [-0.39, 0.29) is 10.5 Å². The van der Waals surface area contributed by atoms with Crippen molar-refractivity contribution in [1.82, 2.24) is 15.0 Å². The van der Waals surface area contributed by atoms with Crippen molar-refractivity contribution in [2.24, 2.45) is 0 Å². The molecule has 2 aromatic heterocycles. The molecule has 3 nitrogen and oxygen atoms in total. The highest BCUT2D eigenvalue weighted by atomic mass is 35.5. The van der Waals surface area contributed by atoms with Crippen molar-refractivity contribution < 1.29 is 13.2 Å². The molecule has 0 unspecified atom stereocenters. The lowest BCUT2D eigenvalue weighted by atomic mass is 10.1. The highest BCUT2D eigenvalue weighted by Crippen LogP contribution is 2.35. The molecule has 0 bridgehead atoms. The van der Waals surface area contributed by atoms with Gasteiger partial charge in [-0.2, -0.15) is 13.2 Å². The van der Waals surface area contributed by atoms with E-state index in [1.165, 1.54) is 0 Å². The van der Waals surface area contributed by atoms with Crippen LogP contribution in [0, 0.1) is 0 Å². The lowest BCUT2D eigenvalue weighted by molar-refractivity contribution is -0.137. The van der Waals surface area contributed by atoms with Gasteiger partial charge >= 0.3 is 6.18 Å². The van der Waals surface area contributed by atoms with E-state index in [1.54, 1.807) is 6.20 Å². The van der Waals surface area contributed by atoms with Crippen LogP contribution in [0.2, 0.25) is 5.02 Å². The number of imidazole rings is 1. The van der Waals surface area contributed by atoms with Crippen LogP contribution >= 0.6 is 11.6 Å². The normalized spacial score (nSPS) is 11.8. The zero-order valence-corrected chi connectivity index (χ0v) is 13.9. The Hall–Kier alpha value is -2.86. The average molecular weight is 374 g/mol. The third kappa shape index (κ3) is 3.04. The van der Waals surface area contributed by atoms with Gasteiger partial charge in [-0.3, -0.25) is 4.98 Å². The number of rotatable bonds is 2. The molecule has 26 heavy (non-hydrogen) atoms. The van der Waals surface area contributed by atoms with Gasteiger partial charge in [0.1, 0.15) is 11.3 Å². The summed E-state index contributed by atoms with van der Waals surface area (Å²) >= 11 is 5.98. The molecule has 4 rings (SSSR count). The molecule has 0 aliphatic rings. The van der Waals surface area contributed by atoms with Crippen LogP contribution in [-0.2, 0) is 6.18 Å². The van der Waals surface area contributed by atoms with Gasteiger partial charge in [0.2, 0.25) is 0 Å². The summed E-state index contributed by atoms with van der Waals surface area (Å²) in [7, 11) is 0. The van der Waals surface area contributed by atoms with E-state index in [0.717, 1.165) is 29.0 Å². The van der Waals surface area contributed by atoms with Crippen LogP contribution < -0.4 is 0 Å². The van der Waals surface area contributed by atoms with Crippen molar-refractivity contribution in [3.05, 3.63) is 71.4 Å². The molecule has 0 atom stereocenters. The number of hydrogen-bond donors (Lipinski definition) is 1. The zero-order valence-electron chi connectivity index (χ0n) is 13.2. The number of pyridine rings is 1. The molecule has 0 saturated carbocycles. The third-order valence-electron chi connectivity index (χ3n) is 3.99. The van der Waals surface area contributed by atoms with E-state index in [9.17, 15) is 13.2 Å². The van der Waals surface area contributed by atoms with Gasteiger partial charge in [-0.25, -0.2) is 4.98 Å². The van der Waals surface area contributed by atoms with Crippen molar-refractivity contribution in [2.75, 3.05) is 0 Å². The maximum atomic E-state index is 12.9. The second kappa shape index (κ2) is 6.14. The van der Waals surface area contributed by atoms with Crippen molar-refractivity contribution in [3.8, 4) is 22.6 Å². The van der Waals surface area contributed by atoms with Crippen LogP contribution in [0.25, 0.3) is 33.7 Å². The average Bonchev–Trinajstić information content (AvgIpc) is 3.07. The fourth-order valence-electron chi connectivity index (χ4n) is 2.71. The monoisotopic (exact) mass is 373 g/mol. The highest BCUT2D eigenvalue weighted by Gasteiger charge is 2.31. The fraction of sp³-hybridized carbons (Fsp3) is 0.0526. The Kier molecular flexibility index (Phi) is 3.92. The predicted molar refractivity (Wildman–Crippen MR) is 94.8 cm³/mol. The van der Waals surface area contributed by atoms with Crippen LogP contribution in [0.1, 0.15) is 5.56 Å². The van der Waals surface area contributed by atoms with E-state index >= 15 is 0 Å². The summed E-state index contributed by atoms with van der Waals surface area (Å²) in [5.74, 6) is 0.453. The Labute approximate surface area is 151 Å². The summed E-state index contributed by atoms with van der Waals surface area (Å²) in [6.45, 7) is 0. The van der Waals surface area contributed by atoms with Crippen molar-refractivity contribution in [3.63, 3.8) is 0 Å². The second-order valence-corrected chi connectivity index (χ2v) is 6.14. The number of alkyl halides is 3. The number of benzene rings is 2. The van der Waals surface area contributed by atoms with Gasteiger partial charge in [0.15, 0.2) is 0 Å². The highest BCUT2D eigenvalue weighted by molar-refractivity contribution is 6.35. The topological polar surface area (TPSA) is 41.6 Å². The Morgan fingerprint density at radius 2 is 1.65 bits per heavy atom. The van der Waals surface area contributed by atoms with Crippen molar-refractivity contribution in [2.45, 2.75) is 6.18 Å². The molecule has 4 aromatic rings. The summed E-state index contributed by atoms with van der Waals surface area (Å²) in [4.78, 5) is 11.5. The molecule has 0 radical (unpaired) electrons. The van der Waals surface area contributed by atoms with E-state index in [4.69, 9.17) is 11.6 Å². The number of aromatic amines is 1. The quantitative estimate of drug-likeness (QED) is 0.470. The van der Waals surface area contributed by atoms with Gasteiger partial charge in [-0.05, 0) is 24.3 Å². The molecule has 0 saturated heterocycles. The molecule has 0 amide bonds. The first-order chi connectivity index (χ1) is 12.4. The zero-order chi connectivity index (χ0) is 18.3. The van der Waals surface area contributed by atoms with Crippen LogP contribution in [0.15, 0.2) is 60.8 Å². The number of hydrogen-bond acceptors (Lipinski definition) is 2. The summed E-state index contributed by atoms with van der Waals surface area (Å²) in [6, 6.07) is 15.0. The summed E-state index contributed by atoms with van der Waals surface area (Å²) in [5.41, 5.74) is 2.25. The molecular formula is C19H11ClF3N3. The van der Waals surface area contributed by atoms with E-state index in [1.807, 2.05) is 42.5 Å². The maximum Gasteiger partial charge on any atom is 0.416 e. The Balaban J connectivity index is 1.74. The van der Waals surface area contributed by atoms with Gasteiger partial charge in [0.25, 0.3) is 0 Å². The summed E-state index contributed by atoms with van der Waals surface area (Å²) in [5, 5.41) is -0.0394. The Morgan fingerprint density at radius 3 is 2.31 bits per heavy atom. The van der Waals surface area contributed by atoms with E-state index < -0.39 is 11.7 Å². The van der Waals surface area contributed by atoms with Gasteiger partial charge < -0.3 is 4.98 Å². The van der Waals surface area contributed by atoms with Crippen molar-refractivity contribution in [1.29, 1.82) is 0 Å². The third-order valence-corrected chi connectivity index (χ3v) is 4.27. The molecule has 0 fully saturated rings. The summed E-state index contributed by atoms with van der Waals surface area (Å²) in [6.07, 6.45) is -2.75. The molecule has 0 aliphatic heterocycles. The van der Waals surface area contributed by atoms with Gasteiger partial charge in [0.05, 0.1) is 21.8 Å². The minimum absolute atomic E-state index is 0.0394. The molecule has 2 heterocycles. The van der Waals surface area contributed by atoms with Crippen LogP contribution in [0.3, 0.4) is 0 Å². The molecule has 0 aliphatic carbocycles. The standard InChI is InChI=1S/C19H11ClF3N3/c20-14-9-13(19(21,22)23)10-16-17(14)26-18(25-16)12-6-4-11(5-7-12)15-3-1-2-8-24-15/h1-10H,(H,25,26).